The molecule has 1 unspecified atom stereocenters. The second kappa shape index (κ2) is 8.53. The van der Waals surface area contributed by atoms with Crippen molar-refractivity contribution in [3.63, 3.8) is 0 Å². The summed E-state index contributed by atoms with van der Waals surface area (Å²) >= 11 is 0. The summed E-state index contributed by atoms with van der Waals surface area (Å²) in [5, 5.41) is 0. The first kappa shape index (κ1) is 18.4. The van der Waals surface area contributed by atoms with Gasteiger partial charge >= 0.3 is 0 Å². The molecular weight excluding hydrogens is 264 g/mol. The molecule has 0 bridgehead atoms. The standard InChI is InChI=1S/C13H28N2O3S/c1-6-8-10-14(4)13(16)9-11-15(12(3)7-2)19(5,17)18/h12H,6-11H2,1-5H3. The van der Waals surface area contributed by atoms with Gasteiger partial charge in [-0.3, -0.25) is 4.79 Å². The van der Waals surface area contributed by atoms with Crippen molar-refractivity contribution < 1.29 is 13.2 Å². The van der Waals surface area contributed by atoms with E-state index in [-0.39, 0.29) is 24.9 Å². The van der Waals surface area contributed by atoms with Gasteiger partial charge in [0, 0.05) is 32.6 Å². The molecule has 0 aromatic rings. The van der Waals surface area contributed by atoms with Crippen LogP contribution in [-0.4, -0.2) is 56.0 Å². The fourth-order valence-electron chi connectivity index (χ4n) is 1.83. The molecule has 0 fully saturated rings. The maximum Gasteiger partial charge on any atom is 0.223 e. The predicted molar refractivity (Wildman–Crippen MR) is 78.5 cm³/mol. The van der Waals surface area contributed by atoms with Crippen LogP contribution in [0.5, 0.6) is 0 Å². The van der Waals surface area contributed by atoms with Crippen molar-refractivity contribution in [3.8, 4) is 0 Å². The van der Waals surface area contributed by atoms with Crippen LogP contribution in [0.4, 0.5) is 0 Å². The van der Waals surface area contributed by atoms with Crippen molar-refractivity contribution in [2.45, 2.75) is 52.5 Å². The number of rotatable bonds is 9. The van der Waals surface area contributed by atoms with Gasteiger partial charge in [0.1, 0.15) is 0 Å². The van der Waals surface area contributed by atoms with Crippen LogP contribution in [0.2, 0.25) is 0 Å². The normalized spacial score (nSPS) is 13.6. The van der Waals surface area contributed by atoms with Crippen LogP contribution in [0.15, 0.2) is 0 Å². The van der Waals surface area contributed by atoms with Crippen LogP contribution in [0.1, 0.15) is 46.5 Å². The molecule has 0 aromatic carbocycles. The summed E-state index contributed by atoms with van der Waals surface area (Å²) in [6.45, 7) is 6.89. The molecule has 0 N–H and O–H groups in total. The van der Waals surface area contributed by atoms with Crippen LogP contribution >= 0.6 is 0 Å². The number of amides is 1. The molecule has 0 radical (unpaired) electrons. The minimum atomic E-state index is -3.25. The third-order valence-electron chi connectivity index (χ3n) is 3.33. The first-order valence-electron chi connectivity index (χ1n) is 6.94. The van der Waals surface area contributed by atoms with Crippen molar-refractivity contribution in [3.05, 3.63) is 0 Å². The molecule has 0 spiro atoms. The van der Waals surface area contributed by atoms with Crippen LogP contribution in [0, 0.1) is 0 Å². The molecule has 0 aromatic heterocycles. The lowest BCUT2D eigenvalue weighted by Gasteiger charge is -2.26. The van der Waals surface area contributed by atoms with Gasteiger partial charge in [0.05, 0.1) is 6.26 Å². The highest BCUT2D eigenvalue weighted by Crippen LogP contribution is 2.10. The number of nitrogens with zero attached hydrogens (tertiary/aromatic N) is 2. The smallest absolute Gasteiger partial charge is 0.223 e. The molecule has 0 aliphatic rings. The van der Waals surface area contributed by atoms with Crippen molar-refractivity contribution in [1.29, 1.82) is 0 Å². The number of carbonyl (C=O) groups is 1. The number of unbranched alkanes of at least 4 members (excludes halogenated alkanes) is 1. The highest BCUT2D eigenvalue weighted by molar-refractivity contribution is 7.88. The minimum Gasteiger partial charge on any atom is -0.346 e. The summed E-state index contributed by atoms with van der Waals surface area (Å²) in [5.41, 5.74) is 0. The van der Waals surface area contributed by atoms with Gasteiger partial charge in [-0.15, -0.1) is 0 Å². The Kier molecular flexibility index (Phi) is 8.25. The molecule has 0 saturated carbocycles. The summed E-state index contributed by atoms with van der Waals surface area (Å²) in [7, 11) is -1.48. The van der Waals surface area contributed by atoms with Crippen molar-refractivity contribution in [1.82, 2.24) is 9.21 Å². The van der Waals surface area contributed by atoms with Gasteiger partial charge in [0.2, 0.25) is 15.9 Å². The van der Waals surface area contributed by atoms with Gasteiger partial charge in [-0.05, 0) is 19.8 Å². The molecule has 0 rings (SSSR count). The summed E-state index contributed by atoms with van der Waals surface area (Å²) < 4.78 is 24.8. The van der Waals surface area contributed by atoms with Crippen LogP contribution in [0.3, 0.4) is 0 Å². The number of carbonyl (C=O) groups excluding carboxylic acids is 1. The third kappa shape index (κ3) is 6.92. The van der Waals surface area contributed by atoms with Gasteiger partial charge in [-0.25, -0.2) is 8.42 Å². The van der Waals surface area contributed by atoms with Gasteiger partial charge in [0.15, 0.2) is 0 Å². The van der Waals surface area contributed by atoms with Gasteiger partial charge < -0.3 is 4.90 Å². The fourth-order valence-corrected chi connectivity index (χ4v) is 3.06. The molecule has 0 heterocycles. The number of hydrogen-bond acceptors (Lipinski definition) is 3. The minimum absolute atomic E-state index is 0.00500. The zero-order valence-corrected chi connectivity index (χ0v) is 13.7. The summed E-state index contributed by atoms with van der Waals surface area (Å²) in [4.78, 5) is 13.6. The summed E-state index contributed by atoms with van der Waals surface area (Å²) in [6, 6.07) is -0.0660. The Labute approximate surface area is 118 Å². The quantitative estimate of drug-likeness (QED) is 0.650. The van der Waals surface area contributed by atoms with Crippen molar-refractivity contribution in [2.75, 3.05) is 26.4 Å². The topological polar surface area (TPSA) is 57.7 Å². The lowest BCUT2D eigenvalue weighted by atomic mass is 10.2. The second-order valence-corrected chi connectivity index (χ2v) is 6.98. The molecule has 6 heteroatoms. The van der Waals surface area contributed by atoms with E-state index in [0.717, 1.165) is 25.8 Å². The predicted octanol–water partition coefficient (Wildman–Crippen LogP) is 1.70. The number of hydrogen-bond donors (Lipinski definition) is 0. The second-order valence-electron chi connectivity index (χ2n) is 5.05. The highest BCUT2D eigenvalue weighted by atomic mass is 32.2. The lowest BCUT2D eigenvalue weighted by Crippen LogP contribution is -2.40. The van der Waals surface area contributed by atoms with Crippen LogP contribution in [0.25, 0.3) is 0 Å². The molecule has 114 valence electrons. The average molecular weight is 292 g/mol. The molecule has 0 aliphatic carbocycles. The Morgan fingerprint density at radius 2 is 1.79 bits per heavy atom. The first-order valence-corrected chi connectivity index (χ1v) is 8.79. The third-order valence-corrected chi connectivity index (χ3v) is 4.72. The monoisotopic (exact) mass is 292 g/mol. The molecule has 1 atom stereocenters. The molecule has 0 aliphatic heterocycles. The van der Waals surface area contributed by atoms with E-state index in [1.807, 2.05) is 13.8 Å². The number of sulfonamides is 1. The molecule has 19 heavy (non-hydrogen) atoms. The van der Waals surface area contributed by atoms with E-state index in [1.165, 1.54) is 10.6 Å². The molecule has 0 saturated heterocycles. The summed E-state index contributed by atoms with van der Waals surface area (Å²) in [5.74, 6) is 0.00500. The van der Waals surface area contributed by atoms with E-state index >= 15 is 0 Å². The van der Waals surface area contributed by atoms with Gasteiger partial charge in [-0.1, -0.05) is 20.3 Å². The van der Waals surface area contributed by atoms with Crippen LogP contribution in [-0.2, 0) is 14.8 Å². The zero-order valence-electron chi connectivity index (χ0n) is 12.8. The Morgan fingerprint density at radius 1 is 1.21 bits per heavy atom. The Balaban J connectivity index is 4.44. The Hall–Kier alpha value is -0.620. The SMILES string of the molecule is CCCCN(C)C(=O)CCN(C(C)CC)S(C)(=O)=O. The first-order chi connectivity index (χ1) is 8.73. The van der Waals surface area contributed by atoms with E-state index < -0.39 is 10.0 Å². The molecule has 5 nitrogen and oxygen atoms in total. The van der Waals surface area contributed by atoms with E-state index in [9.17, 15) is 13.2 Å². The highest BCUT2D eigenvalue weighted by Gasteiger charge is 2.23. The van der Waals surface area contributed by atoms with E-state index in [2.05, 4.69) is 6.92 Å². The molecular formula is C13H28N2O3S. The largest absolute Gasteiger partial charge is 0.346 e. The lowest BCUT2D eigenvalue weighted by molar-refractivity contribution is -0.130. The van der Waals surface area contributed by atoms with Crippen molar-refractivity contribution in [2.24, 2.45) is 0 Å². The maximum absolute atomic E-state index is 11.9. The van der Waals surface area contributed by atoms with Crippen LogP contribution < -0.4 is 0 Å². The fraction of sp³-hybridized carbons (Fsp3) is 0.923. The Bertz CT molecular complexity index is 368. The maximum atomic E-state index is 11.9. The summed E-state index contributed by atoms with van der Waals surface area (Å²) in [6.07, 6.45) is 4.21. The van der Waals surface area contributed by atoms with Crippen molar-refractivity contribution >= 4 is 15.9 Å². The average Bonchev–Trinajstić information content (AvgIpc) is 2.33. The molecule has 1 amide bonds. The van der Waals surface area contributed by atoms with Gasteiger partial charge in [-0.2, -0.15) is 4.31 Å². The van der Waals surface area contributed by atoms with E-state index in [0.29, 0.717) is 0 Å². The van der Waals surface area contributed by atoms with E-state index in [4.69, 9.17) is 0 Å². The van der Waals surface area contributed by atoms with E-state index in [1.54, 1.807) is 11.9 Å². The Morgan fingerprint density at radius 3 is 2.21 bits per heavy atom. The zero-order chi connectivity index (χ0) is 15.1. The van der Waals surface area contributed by atoms with Gasteiger partial charge in [0.25, 0.3) is 0 Å².